The molecule has 106 valence electrons. The monoisotopic (exact) mass is 290 g/mol. The van der Waals surface area contributed by atoms with E-state index in [1.165, 1.54) is 7.11 Å². The fraction of sp³-hybridized carbons (Fsp3) is 0.364. The number of methoxy groups -OCH3 is 1. The summed E-state index contributed by atoms with van der Waals surface area (Å²) in [6, 6.07) is 2.92. The number of anilines is 1. The van der Waals surface area contributed by atoms with Gasteiger partial charge in [0.15, 0.2) is 9.84 Å². The van der Waals surface area contributed by atoms with Crippen LogP contribution in [0.2, 0.25) is 0 Å². The summed E-state index contributed by atoms with van der Waals surface area (Å²) in [5.41, 5.74) is 5.22. The molecule has 0 fully saturated rings. The first kappa shape index (κ1) is 15.4. The number of amides is 1. The normalized spacial score (nSPS) is 11.3. The van der Waals surface area contributed by atoms with Crippen LogP contribution in [0, 0.1) is 5.82 Å². The fourth-order valence-corrected chi connectivity index (χ4v) is 2.69. The maximum Gasteiger partial charge on any atom is 0.235 e. The number of carbonyl (C=O) groups excluding carboxylic acids is 1. The van der Waals surface area contributed by atoms with Gasteiger partial charge in [-0.2, -0.15) is 0 Å². The van der Waals surface area contributed by atoms with Crippen molar-refractivity contribution in [3.63, 3.8) is 0 Å². The third-order valence-corrected chi connectivity index (χ3v) is 3.94. The molecule has 8 heteroatoms. The van der Waals surface area contributed by atoms with Crippen molar-refractivity contribution >= 4 is 21.4 Å². The van der Waals surface area contributed by atoms with Gasteiger partial charge in [0.1, 0.15) is 11.6 Å². The fourth-order valence-electron chi connectivity index (χ4n) is 1.40. The molecule has 0 bridgehead atoms. The van der Waals surface area contributed by atoms with Gasteiger partial charge < -0.3 is 15.8 Å². The van der Waals surface area contributed by atoms with Crippen molar-refractivity contribution in [1.29, 1.82) is 0 Å². The number of nitrogens with one attached hydrogen (secondary N) is 1. The number of nitrogens with two attached hydrogens (primary N) is 1. The van der Waals surface area contributed by atoms with E-state index in [0.29, 0.717) is 0 Å². The third kappa shape index (κ3) is 4.49. The Kier molecular flexibility index (Phi) is 5.25. The van der Waals surface area contributed by atoms with E-state index in [-0.39, 0.29) is 23.7 Å². The maximum atomic E-state index is 12.8. The average molecular weight is 290 g/mol. The molecule has 0 aromatic heterocycles. The highest BCUT2D eigenvalue weighted by atomic mass is 32.2. The molecule has 0 aliphatic rings. The summed E-state index contributed by atoms with van der Waals surface area (Å²) in [6.07, 6.45) is 0. The van der Waals surface area contributed by atoms with Gasteiger partial charge in [-0.3, -0.25) is 4.79 Å². The van der Waals surface area contributed by atoms with E-state index < -0.39 is 27.3 Å². The largest absolute Gasteiger partial charge is 0.398 e. The lowest BCUT2D eigenvalue weighted by molar-refractivity contribution is -0.118. The Morgan fingerprint density at radius 3 is 2.74 bits per heavy atom. The molecule has 0 aliphatic heterocycles. The highest BCUT2D eigenvalue weighted by Crippen LogP contribution is 2.20. The maximum absolute atomic E-state index is 12.8. The number of ether oxygens (including phenoxy) is 1. The molecule has 0 spiro atoms. The Hall–Kier alpha value is -1.67. The van der Waals surface area contributed by atoms with Crippen LogP contribution in [-0.2, 0) is 19.4 Å². The SMILES string of the molecule is COCCNC(=O)CS(=O)(=O)c1ccc(F)cc1N. The van der Waals surface area contributed by atoms with E-state index >= 15 is 0 Å². The summed E-state index contributed by atoms with van der Waals surface area (Å²) in [6.45, 7) is 0.494. The molecule has 3 N–H and O–H groups in total. The molecule has 1 aromatic carbocycles. The third-order valence-electron chi connectivity index (χ3n) is 2.26. The zero-order chi connectivity index (χ0) is 14.5. The second-order valence-corrected chi connectivity index (χ2v) is 5.74. The van der Waals surface area contributed by atoms with Crippen molar-refractivity contribution in [3.8, 4) is 0 Å². The summed E-state index contributed by atoms with van der Waals surface area (Å²) < 4.78 is 41.4. The van der Waals surface area contributed by atoms with Crippen LogP contribution in [0.1, 0.15) is 0 Å². The number of benzene rings is 1. The number of halogens is 1. The molecule has 0 atom stereocenters. The van der Waals surface area contributed by atoms with Crippen LogP contribution in [0.3, 0.4) is 0 Å². The Bertz CT molecular complexity index is 560. The molecule has 0 radical (unpaired) electrons. The number of nitrogen functional groups attached to an aromatic ring is 1. The van der Waals surface area contributed by atoms with Crippen molar-refractivity contribution in [2.75, 3.05) is 31.7 Å². The quantitative estimate of drug-likeness (QED) is 0.434. The minimum Gasteiger partial charge on any atom is -0.398 e. The molecule has 0 aliphatic carbocycles. The van der Waals surface area contributed by atoms with Gasteiger partial charge in [-0.25, -0.2) is 12.8 Å². The van der Waals surface area contributed by atoms with Crippen molar-refractivity contribution in [1.82, 2.24) is 5.32 Å². The number of sulfone groups is 1. The van der Waals surface area contributed by atoms with Crippen LogP contribution in [0.5, 0.6) is 0 Å². The molecular formula is C11H15FN2O4S. The lowest BCUT2D eigenvalue weighted by Crippen LogP contribution is -2.32. The zero-order valence-electron chi connectivity index (χ0n) is 10.3. The summed E-state index contributed by atoms with van der Waals surface area (Å²) >= 11 is 0. The number of rotatable bonds is 6. The Morgan fingerprint density at radius 1 is 1.47 bits per heavy atom. The average Bonchev–Trinajstić information content (AvgIpc) is 2.27. The molecule has 19 heavy (non-hydrogen) atoms. The number of hydrogen-bond acceptors (Lipinski definition) is 5. The van der Waals surface area contributed by atoms with Crippen LogP contribution >= 0.6 is 0 Å². The van der Waals surface area contributed by atoms with Gasteiger partial charge in [0.2, 0.25) is 5.91 Å². The van der Waals surface area contributed by atoms with Gasteiger partial charge in [0, 0.05) is 13.7 Å². The van der Waals surface area contributed by atoms with E-state index in [1.807, 2.05) is 0 Å². The minimum atomic E-state index is -3.89. The lowest BCUT2D eigenvalue weighted by Gasteiger charge is -2.08. The van der Waals surface area contributed by atoms with Crippen LogP contribution in [-0.4, -0.2) is 40.3 Å². The van der Waals surface area contributed by atoms with Gasteiger partial charge in [0.05, 0.1) is 17.2 Å². The first-order chi connectivity index (χ1) is 8.86. The molecule has 6 nitrogen and oxygen atoms in total. The first-order valence-electron chi connectivity index (χ1n) is 5.40. The Balaban J connectivity index is 2.78. The zero-order valence-corrected chi connectivity index (χ0v) is 11.2. The minimum absolute atomic E-state index is 0.212. The van der Waals surface area contributed by atoms with Gasteiger partial charge in [-0.15, -0.1) is 0 Å². The van der Waals surface area contributed by atoms with Crippen LogP contribution in [0.15, 0.2) is 23.1 Å². The summed E-state index contributed by atoms with van der Waals surface area (Å²) in [7, 11) is -2.43. The molecule has 1 amide bonds. The van der Waals surface area contributed by atoms with E-state index in [0.717, 1.165) is 18.2 Å². The van der Waals surface area contributed by atoms with Crippen molar-refractivity contribution in [2.45, 2.75) is 4.90 Å². The molecule has 0 heterocycles. The van der Waals surface area contributed by atoms with Crippen molar-refractivity contribution < 1.29 is 22.3 Å². The molecule has 0 unspecified atom stereocenters. The standard InChI is InChI=1S/C11H15FN2O4S/c1-18-5-4-14-11(15)7-19(16,17)10-3-2-8(12)6-9(10)13/h2-3,6H,4-5,7,13H2,1H3,(H,14,15). The summed E-state index contributed by atoms with van der Waals surface area (Å²) in [4.78, 5) is 11.2. The second kappa shape index (κ2) is 6.48. The van der Waals surface area contributed by atoms with E-state index in [1.54, 1.807) is 0 Å². The number of hydrogen-bond donors (Lipinski definition) is 2. The van der Waals surface area contributed by atoms with E-state index in [4.69, 9.17) is 10.5 Å². The van der Waals surface area contributed by atoms with Gasteiger partial charge >= 0.3 is 0 Å². The molecule has 0 saturated heterocycles. The van der Waals surface area contributed by atoms with Gasteiger partial charge in [0.25, 0.3) is 0 Å². The predicted octanol–water partition coefficient (Wildman–Crippen LogP) is -0.0558. The number of carbonyl (C=O) groups is 1. The second-order valence-electron chi connectivity index (χ2n) is 3.78. The Morgan fingerprint density at radius 2 is 2.16 bits per heavy atom. The molecule has 0 saturated carbocycles. The van der Waals surface area contributed by atoms with Crippen molar-refractivity contribution in [2.24, 2.45) is 0 Å². The topological polar surface area (TPSA) is 98.5 Å². The Labute approximate surface area is 110 Å². The molecular weight excluding hydrogens is 275 g/mol. The van der Waals surface area contributed by atoms with E-state index in [2.05, 4.69) is 5.32 Å². The molecule has 1 aromatic rings. The highest BCUT2D eigenvalue weighted by molar-refractivity contribution is 7.92. The molecule has 1 rings (SSSR count). The van der Waals surface area contributed by atoms with E-state index in [9.17, 15) is 17.6 Å². The summed E-state index contributed by atoms with van der Waals surface area (Å²) in [5.74, 6) is -2.05. The lowest BCUT2D eigenvalue weighted by atomic mass is 10.3. The van der Waals surface area contributed by atoms with Crippen LogP contribution < -0.4 is 11.1 Å². The first-order valence-corrected chi connectivity index (χ1v) is 7.05. The summed E-state index contributed by atoms with van der Waals surface area (Å²) in [5, 5.41) is 2.38. The predicted molar refractivity (Wildman–Crippen MR) is 67.8 cm³/mol. The van der Waals surface area contributed by atoms with Gasteiger partial charge in [-0.1, -0.05) is 0 Å². The highest BCUT2D eigenvalue weighted by Gasteiger charge is 2.21. The van der Waals surface area contributed by atoms with Crippen LogP contribution in [0.25, 0.3) is 0 Å². The van der Waals surface area contributed by atoms with Crippen LogP contribution in [0.4, 0.5) is 10.1 Å². The smallest absolute Gasteiger partial charge is 0.235 e. The van der Waals surface area contributed by atoms with Crippen molar-refractivity contribution in [3.05, 3.63) is 24.0 Å². The van der Waals surface area contributed by atoms with Gasteiger partial charge in [-0.05, 0) is 18.2 Å².